The number of benzene rings is 1. The molecule has 0 heterocycles. The molecule has 0 spiro atoms. The molecule has 1 aromatic carbocycles. The summed E-state index contributed by atoms with van der Waals surface area (Å²) in [5.41, 5.74) is -0.0852. The average Bonchev–Trinajstić information content (AvgIpc) is 2.15. The molecule has 0 amide bonds. The predicted octanol–water partition coefficient (Wildman–Crippen LogP) is -0.176. The second kappa shape index (κ2) is 7.31. The molecule has 0 bridgehead atoms. The Labute approximate surface area is 142 Å². The Balaban J connectivity index is 0.00000256. The minimum Gasteiger partial charge on any atom is -0.445 e. The first kappa shape index (κ1) is 17.7. The van der Waals surface area contributed by atoms with Crippen LogP contribution in [0.1, 0.15) is 31.9 Å². The number of rotatable bonds is 4. The van der Waals surface area contributed by atoms with Gasteiger partial charge in [-0.3, -0.25) is 0 Å². The van der Waals surface area contributed by atoms with Crippen molar-refractivity contribution in [3.63, 3.8) is 0 Å². The fraction of sp³-hybridized carbons (Fsp3) is 0.455. The van der Waals surface area contributed by atoms with Gasteiger partial charge in [0.25, 0.3) is 0 Å². The van der Waals surface area contributed by atoms with Crippen LogP contribution >= 0.6 is 0 Å². The van der Waals surface area contributed by atoms with Crippen LogP contribution in [-0.4, -0.2) is 12.1 Å². The normalized spacial score (nSPS) is 13.4. The van der Waals surface area contributed by atoms with Crippen LogP contribution in [0.25, 0.3) is 0 Å². The Hall–Kier alpha value is 0.671. The van der Waals surface area contributed by atoms with Gasteiger partial charge in [-0.2, -0.15) is 0 Å². The zero-order valence-electron chi connectivity index (χ0n) is 10.3. The van der Waals surface area contributed by atoms with E-state index in [1.165, 1.54) is 12.1 Å². The molecule has 1 rings (SSSR count). The van der Waals surface area contributed by atoms with E-state index in [0.717, 1.165) is 12.1 Å². The molecule has 90 valence electrons. The summed E-state index contributed by atoms with van der Waals surface area (Å²) < 4.78 is 37.0. The smallest absolute Gasteiger partial charge is 0.445 e. The van der Waals surface area contributed by atoms with Gasteiger partial charge in [-0.05, 0) is 17.9 Å². The van der Waals surface area contributed by atoms with Crippen molar-refractivity contribution in [2.45, 2.75) is 26.4 Å². The third kappa shape index (κ3) is 5.90. The van der Waals surface area contributed by atoms with Crippen molar-refractivity contribution >= 4 is 12.4 Å². The SMILES string of the molecule is CC(C)CC(O)c1ccc([B-](F)(F)F)cc1.[K+]. The predicted molar refractivity (Wildman–Crippen MR) is 59.6 cm³/mol. The Morgan fingerprint density at radius 1 is 1.12 bits per heavy atom. The zero-order chi connectivity index (χ0) is 12.3. The molecule has 0 aliphatic rings. The summed E-state index contributed by atoms with van der Waals surface area (Å²) in [4.78, 5) is 0. The van der Waals surface area contributed by atoms with E-state index in [-0.39, 0.29) is 51.4 Å². The third-order valence-electron chi connectivity index (χ3n) is 2.39. The zero-order valence-corrected chi connectivity index (χ0v) is 13.5. The largest absolute Gasteiger partial charge is 1.00 e. The molecule has 17 heavy (non-hydrogen) atoms. The van der Waals surface area contributed by atoms with E-state index in [2.05, 4.69) is 0 Å². The molecule has 0 saturated heterocycles. The minimum atomic E-state index is -4.94. The maximum atomic E-state index is 12.3. The summed E-state index contributed by atoms with van der Waals surface area (Å²) in [6.07, 6.45) is -0.133. The molecule has 1 atom stereocenters. The van der Waals surface area contributed by atoms with Crippen LogP contribution in [0, 0.1) is 5.92 Å². The summed E-state index contributed by atoms with van der Waals surface area (Å²) >= 11 is 0. The van der Waals surface area contributed by atoms with E-state index < -0.39 is 18.5 Å². The van der Waals surface area contributed by atoms with Gasteiger partial charge in [-0.15, -0.1) is 5.46 Å². The maximum absolute atomic E-state index is 12.3. The molecule has 1 aromatic rings. The molecular weight excluding hydrogens is 255 g/mol. The monoisotopic (exact) mass is 270 g/mol. The van der Waals surface area contributed by atoms with Gasteiger partial charge in [0.05, 0.1) is 6.10 Å². The fourth-order valence-corrected chi connectivity index (χ4v) is 1.52. The first-order chi connectivity index (χ1) is 7.30. The third-order valence-corrected chi connectivity index (χ3v) is 2.39. The molecule has 6 heteroatoms. The van der Waals surface area contributed by atoms with Crippen molar-refractivity contribution in [3.05, 3.63) is 29.8 Å². The number of halogens is 3. The molecule has 0 aromatic heterocycles. The number of hydrogen-bond acceptors (Lipinski definition) is 1. The molecule has 0 radical (unpaired) electrons. The van der Waals surface area contributed by atoms with Gasteiger partial charge in [0.15, 0.2) is 0 Å². The van der Waals surface area contributed by atoms with Gasteiger partial charge in [-0.25, -0.2) is 0 Å². The summed E-state index contributed by atoms with van der Waals surface area (Å²) in [6, 6.07) is 4.74. The Kier molecular flexibility index (Phi) is 7.60. The molecular formula is C11H15BF3KO. The van der Waals surface area contributed by atoms with Gasteiger partial charge in [0, 0.05) is 0 Å². The van der Waals surface area contributed by atoms with Crippen molar-refractivity contribution in [2.75, 3.05) is 0 Å². The van der Waals surface area contributed by atoms with E-state index >= 15 is 0 Å². The van der Waals surface area contributed by atoms with Crippen LogP contribution < -0.4 is 56.8 Å². The second-order valence-corrected chi connectivity index (χ2v) is 4.39. The fourth-order valence-electron chi connectivity index (χ4n) is 1.52. The molecule has 0 aliphatic carbocycles. The van der Waals surface area contributed by atoms with Crippen molar-refractivity contribution in [1.82, 2.24) is 0 Å². The van der Waals surface area contributed by atoms with Crippen LogP contribution in [-0.2, 0) is 0 Å². The summed E-state index contributed by atoms with van der Waals surface area (Å²) in [5, 5.41) is 9.71. The molecule has 1 nitrogen and oxygen atoms in total. The standard InChI is InChI=1S/C11H15BF3O.K/c1-8(2)7-11(16)9-3-5-10(6-4-9)12(13,14)15;/h3-6,8,11,16H,7H2,1-2H3;/q-1;+1. The Morgan fingerprint density at radius 3 is 1.94 bits per heavy atom. The number of aliphatic hydroxyl groups excluding tert-OH is 1. The van der Waals surface area contributed by atoms with Gasteiger partial charge in [0.2, 0.25) is 0 Å². The van der Waals surface area contributed by atoms with E-state index in [1.54, 1.807) is 0 Å². The topological polar surface area (TPSA) is 20.2 Å². The summed E-state index contributed by atoms with van der Waals surface area (Å²) in [5.74, 6) is 0.307. The Morgan fingerprint density at radius 2 is 1.59 bits per heavy atom. The van der Waals surface area contributed by atoms with Crippen LogP contribution in [0.3, 0.4) is 0 Å². The minimum absolute atomic E-state index is 0. The van der Waals surface area contributed by atoms with E-state index in [9.17, 15) is 18.1 Å². The van der Waals surface area contributed by atoms with Crippen molar-refractivity contribution < 1.29 is 69.4 Å². The number of hydrogen-bond donors (Lipinski definition) is 1. The van der Waals surface area contributed by atoms with Crippen LogP contribution in [0.2, 0.25) is 0 Å². The summed E-state index contributed by atoms with van der Waals surface area (Å²) in [6.45, 7) is -1.03. The maximum Gasteiger partial charge on any atom is 1.00 e. The van der Waals surface area contributed by atoms with Gasteiger partial charge < -0.3 is 18.1 Å². The number of aliphatic hydroxyl groups is 1. The van der Waals surface area contributed by atoms with E-state index in [4.69, 9.17) is 0 Å². The van der Waals surface area contributed by atoms with E-state index in [0.29, 0.717) is 17.9 Å². The van der Waals surface area contributed by atoms with Crippen molar-refractivity contribution in [3.8, 4) is 0 Å². The second-order valence-electron chi connectivity index (χ2n) is 4.39. The molecule has 1 N–H and O–H groups in total. The van der Waals surface area contributed by atoms with Gasteiger partial charge in [0.1, 0.15) is 0 Å². The molecule has 0 saturated carbocycles. The molecule has 0 fully saturated rings. The van der Waals surface area contributed by atoms with Crippen molar-refractivity contribution in [1.29, 1.82) is 0 Å². The average molecular weight is 270 g/mol. The van der Waals surface area contributed by atoms with Crippen molar-refractivity contribution in [2.24, 2.45) is 5.92 Å². The van der Waals surface area contributed by atoms with E-state index in [1.807, 2.05) is 13.8 Å². The quantitative estimate of drug-likeness (QED) is 0.753. The first-order valence-electron chi connectivity index (χ1n) is 5.28. The molecule has 1 unspecified atom stereocenters. The van der Waals surface area contributed by atoms with Crippen LogP contribution in [0.5, 0.6) is 0 Å². The van der Waals surface area contributed by atoms with Gasteiger partial charge >= 0.3 is 58.4 Å². The van der Waals surface area contributed by atoms with Crippen LogP contribution in [0.15, 0.2) is 24.3 Å². The Bertz CT molecular complexity index is 338. The molecule has 0 aliphatic heterocycles. The van der Waals surface area contributed by atoms with Gasteiger partial charge in [-0.1, -0.05) is 38.1 Å². The first-order valence-corrected chi connectivity index (χ1v) is 5.28. The summed E-state index contributed by atoms with van der Waals surface area (Å²) in [7, 11) is 0. The van der Waals surface area contributed by atoms with Crippen LogP contribution in [0.4, 0.5) is 12.9 Å².